The van der Waals surface area contributed by atoms with Crippen molar-refractivity contribution in [1.29, 1.82) is 0 Å². The number of imidazole rings is 1. The molecule has 0 atom stereocenters. The van der Waals surface area contributed by atoms with Gasteiger partial charge in [-0.3, -0.25) is 4.40 Å². The van der Waals surface area contributed by atoms with Crippen LogP contribution in [0.25, 0.3) is 16.9 Å². The summed E-state index contributed by atoms with van der Waals surface area (Å²) in [5.41, 5.74) is 4.09. The highest BCUT2D eigenvalue weighted by Gasteiger charge is 2.18. The molecular weight excluding hydrogens is 381 g/mol. The number of hydrogen-bond acceptors (Lipinski definition) is 4. The molecule has 0 fully saturated rings. The van der Waals surface area contributed by atoms with Gasteiger partial charge in [0.2, 0.25) is 5.88 Å². The lowest BCUT2D eigenvalue weighted by atomic mass is 10.1. The van der Waals surface area contributed by atoms with Gasteiger partial charge in [-0.1, -0.05) is 42.5 Å². The minimum Gasteiger partial charge on any atom is -0.493 e. The first-order valence-corrected chi connectivity index (χ1v) is 9.59. The van der Waals surface area contributed by atoms with Gasteiger partial charge in [-0.25, -0.2) is 14.4 Å². The van der Waals surface area contributed by atoms with Gasteiger partial charge in [-0.05, 0) is 29.8 Å². The maximum absolute atomic E-state index is 13.7. The van der Waals surface area contributed by atoms with Crippen molar-refractivity contribution in [3.05, 3.63) is 108 Å². The molecule has 0 saturated carbocycles. The predicted molar refractivity (Wildman–Crippen MR) is 111 cm³/mol. The van der Waals surface area contributed by atoms with Crippen LogP contribution in [0.5, 0.6) is 5.88 Å². The summed E-state index contributed by atoms with van der Waals surface area (Å²) in [6, 6.07) is 19.8. The highest BCUT2D eigenvalue weighted by Crippen LogP contribution is 2.28. The SMILES string of the molecule is Oc1c(Cc2ccco2)nc2c(Cc3cccc(F)c3)nc(-c3ccccc3)cn12. The zero-order valence-corrected chi connectivity index (χ0v) is 16.0. The van der Waals surface area contributed by atoms with E-state index in [1.165, 1.54) is 12.1 Å². The highest BCUT2D eigenvalue weighted by atomic mass is 19.1. The summed E-state index contributed by atoms with van der Waals surface area (Å²) < 4.78 is 20.8. The number of furan rings is 1. The summed E-state index contributed by atoms with van der Waals surface area (Å²) in [6.07, 6.45) is 4.11. The minimum absolute atomic E-state index is 0.0430. The number of halogens is 1. The van der Waals surface area contributed by atoms with Crippen molar-refractivity contribution in [3.63, 3.8) is 0 Å². The van der Waals surface area contributed by atoms with E-state index in [1.54, 1.807) is 29.0 Å². The van der Waals surface area contributed by atoms with Gasteiger partial charge in [0, 0.05) is 18.2 Å². The van der Waals surface area contributed by atoms with Crippen molar-refractivity contribution in [2.45, 2.75) is 12.8 Å². The van der Waals surface area contributed by atoms with E-state index in [0.717, 1.165) is 11.1 Å². The largest absolute Gasteiger partial charge is 0.493 e. The molecule has 0 aliphatic carbocycles. The Morgan fingerprint density at radius 1 is 0.900 bits per heavy atom. The normalized spacial score (nSPS) is 11.2. The van der Waals surface area contributed by atoms with Crippen molar-refractivity contribution in [1.82, 2.24) is 14.4 Å². The van der Waals surface area contributed by atoms with E-state index in [0.29, 0.717) is 41.3 Å². The van der Waals surface area contributed by atoms with Gasteiger partial charge in [0.1, 0.15) is 17.3 Å². The number of fused-ring (bicyclic) bond motifs is 1. The molecule has 6 heteroatoms. The van der Waals surface area contributed by atoms with E-state index in [-0.39, 0.29) is 11.7 Å². The van der Waals surface area contributed by atoms with Gasteiger partial charge in [0.15, 0.2) is 5.65 Å². The van der Waals surface area contributed by atoms with E-state index in [4.69, 9.17) is 9.40 Å². The molecular formula is C24H18FN3O2. The number of nitrogens with zero attached hydrogens (tertiary/aromatic N) is 3. The second-order valence-electron chi connectivity index (χ2n) is 7.08. The van der Waals surface area contributed by atoms with E-state index in [1.807, 2.05) is 42.5 Å². The van der Waals surface area contributed by atoms with Crippen LogP contribution >= 0.6 is 0 Å². The quantitative estimate of drug-likeness (QED) is 0.451. The Morgan fingerprint density at radius 3 is 2.53 bits per heavy atom. The molecule has 0 saturated heterocycles. The van der Waals surface area contributed by atoms with Gasteiger partial charge < -0.3 is 9.52 Å². The fourth-order valence-corrected chi connectivity index (χ4v) is 3.55. The molecule has 30 heavy (non-hydrogen) atoms. The minimum atomic E-state index is -0.299. The molecule has 2 aromatic carbocycles. The highest BCUT2D eigenvalue weighted by molar-refractivity contribution is 5.63. The molecule has 5 aromatic rings. The van der Waals surface area contributed by atoms with Crippen molar-refractivity contribution in [2.24, 2.45) is 0 Å². The van der Waals surface area contributed by atoms with Crippen LogP contribution in [0.15, 0.2) is 83.6 Å². The van der Waals surface area contributed by atoms with Gasteiger partial charge in [-0.2, -0.15) is 0 Å². The maximum Gasteiger partial charge on any atom is 0.219 e. The summed E-state index contributed by atoms with van der Waals surface area (Å²) in [5, 5.41) is 10.9. The summed E-state index contributed by atoms with van der Waals surface area (Å²) >= 11 is 0. The zero-order valence-electron chi connectivity index (χ0n) is 16.0. The van der Waals surface area contributed by atoms with Crippen LogP contribution in [0.4, 0.5) is 4.39 Å². The summed E-state index contributed by atoms with van der Waals surface area (Å²) in [4.78, 5) is 9.44. The van der Waals surface area contributed by atoms with Crippen LogP contribution in [-0.2, 0) is 12.8 Å². The number of rotatable bonds is 5. The molecule has 3 aromatic heterocycles. The molecule has 0 spiro atoms. The van der Waals surface area contributed by atoms with E-state index >= 15 is 0 Å². The Kier molecular flexibility index (Phi) is 4.52. The van der Waals surface area contributed by atoms with E-state index in [9.17, 15) is 9.50 Å². The predicted octanol–water partition coefficient (Wildman–Crippen LogP) is 5.02. The Labute approximate surface area is 172 Å². The lowest BCUT2D eigenvalue weighted by Crippen LogP contribution is -2.01. The summed E-state index contributed by atoms with van der Waals surface area (Å²) in [5.74, 6) is 0.450. The topological polar surface area (TPSA) is 63.6 Å². The fraction of sp³-hybridized carbons (Fsp3) is 0.0833. The van der Waals surface area contributed by atoms with Crippen LogP contribution in [0.2, 0.25) is 0 Å². The van der Waals surface area contributed by atoms with Crippen molar-refractivity contribution >= 4 is 5.65 Å². The van der Waals surface area contributed by atoms with E-state index in [2.05, 4.69) is 4.98 Å². The van der Waals surface area contributed by atoms with Crippen LogP contribution in [0, 0.1) is 5.82 Å². The Hall–Kier alpha value is -3.93. The molecule has 0 bridgehead atoms. The number of benzene rings is 2. The number of hydrogen-bond donors (Lipinski definition) is 1. The third-order valence-electron chi connectivity index (χ3n) is 4.97. The third-order valence-corrected chi connectivity index (χ3v) is 4.97. The molecule has 148 valence electrons. The first-order valence-electron chi connectivity index (χ1n) is 9.59. The van der Waals surface area contributed by atoms with Crippen molar-refractivity contribution < 1.29 is 13.9 Å². The van der Waals surface area contributed by atoms with Crippen molar-refractivity contribution in [2.75, 3.05) is 0 Å². The molecule has 3 heterocycles. The Bertz CT molecular complexity index is 1310. The van der Waals surface area contributed by atoms with Gasteiger partial charge >= 0.3 is 0 Å². The third kappa shape index (κ3) is 3.43. The first kappa shape index (κ1) is 18.1. The monoisotopic (exact) mass is 399 g/mol. The second kappa shape index (κ2) is 7.48. The molecule has 0 aliphatic rings. The van der Waals surface area contributed by atoms with Gasteiger partial charge in [0.05, 0.1) is 24.1 Å². The van der Waals surface area contributed by atoms with Crippen LogP contribution in [0.3, 0.4) is 0 Å². The summed E-state index contributed by atoms with van der Waals surface area (Å²) in [7, 11) is 0. The maximum atomic E-state index is 13.7. The fourth-order valence-electron chi connectivity index (χ4n) is 3.55. The average molecular weight is 399 g/mol. The lowest BCUT2D eigenvalue weighted by molar-refractivity contribution is 0.438. The van der Waals surface area contributed by atoms with Crippen molar-refractivity contribution in [3.8, 4) is 17.1 Å². The second-order valence-corrected chi connectivity index (χ2v) is 7.08. The van der Waals surface area contributed by atoms with Crippen LogP contribution in [0.1, 0.15) is 22.7 Å². The number of aromatic nitrogens is 3. The zero-order chi connectivity index (χ0) is 20.5. The van der Waals surface area contributed by atoms with E-state index < -0.39 is 0 Å². The Morgan fingerprint density at radius 2 is 1.77 bits per heavy atom. The molecule has 1 N–H and O–H groups in total. The van der Waals surface area contributed by atoms with Crippen LogP contribution < -0.4 is 0 Å². The average Bonchev–Trinajstić information content (AvgIpc) is 3.38. The molecule has 0 unspecified atom stereocenters. The first-order chi connectivity index (χ1) is 14.7. The van der Waals surface area contributed by atoms with Gasteiger partial charge in [-0.15, -0.1) is 0 Å². The molecule has 0 aliphatic heterocycles. The Balaban J connectivity index is 1.66. The van der Waals surface area contributed by atoms with Crippen LogP contribution in [-0.4, -0.2) is 19.5 Å². The molecule has 5 nitrogen and oxygen atoms in total. The smallest absolute Gasteiger partial charge is 0.219 e. The lowest BCUT2D eigenvalue weighted by Gasteiger charge is -2.08. The standard InChI is InChI=1S/C24H18FN3O2/c25-18-9-4-6-16(12-18)13-20-23-27-21(14-19-10-5-11-30-19)24(29)28(23)15-22(26-20)17-7-2-1-3-8-17/h1-12,15,29H,13-14H2. The molecule has 0 radical (unpaired) electrons. The number of aromatic hydroxyl groups is 1. The molecule has 5 rings (SSSR count). The summed E-state index contributed by atoms with van der Waals surface area (Å²) in [6.45, 7) is 0. The molecule has 0 amide bonds. The van der Waals surface area contributed by atoms with Gasteiger partial charge in [0.25, 0.3) is 0 Å².